The Bertz CT molecular complexity index is 963. The molecule has 1 aliphatic heterocycles. The first-order chi connectivity index (χ1) is 12.8. The second-order valence-corrected chi connectivity index (χ2v) is 5.88. The predicted molar refractivity (Wildman–Crippen MR) is 104 cm³/mol. The highest BCUT2D eigenvalue weighted by Gasteiger charge is 2.34. The normalized spacial score (nSPS) is 14.6. The number of hydrogen-bond donors (Lipinski definition) is 0. The molecule has 128 valence electrons. The lowest BCUT2D eigenvalue weighted by molar-refractivity contribution is -0.111. The SMILES string of the molecule is CCOc1ccc(N=C2C(=O)N(c3ccccc3)c3ccccc32)cc1. The number of anilines is 2. The number of carbonyl (C=O) groups excluding carboxylic acids is 1. The van der Waals surface area contributed by atoms with E-state index in [9.17, 15) is 4.79 Å². The van der Waals surface area contributed by atoms with Crippen molar-refractivity contribution in [3.63, 3.8) is 0 Å². The smallest absolute Gasteiger partial charge is 0.282 e. The zero-order valence-corrected chi connectivity index (χ0v) is 14.4. The van der Waals surface area contributed by atoms with Crippen LogP contribution in [-0.2, 0) is 4.79 Å². The number of benzene rings is 3. The van der Waals surface area contributed by atoms with Crippen molar-refractivity contribution in [2.24, 2.45) is 4.99 Å². The highest BCUT2D eigenvalue weighted by atomic mass is 16.5. The van der Waals surface area contributed by atoms with Gasteiger partial charge < -0.3 is 4.74 Å². The van der Waals surface area contributed by atoms with Crippen molar-refractivity contribution >= 4 is 28.7 Å². The monoisotopic (exact) mass is 342 g/mol. The van der Waals surface area contributed by atoms with Gasteiger partial charge in [-0.2, -0.15) is 0 Å². The molecule has 0 aromatic heterocycles. The number of fused-ring (bicyclic) bond motifs is 1. The largest absolute Gasteiger partial charge is 0.494 e. The summed E-state index contributed by atoms with van der Waals surface area (Å²) in [6.07, 6.45) is 0. The Balaban J connectivity index is 1.76. The topological polar surface area (TPSA) is 41.9 Å². The van der Waals surface area contributed by atoms with E-state index in [1.807, 2.05) is 85.8 Å². The van der Waals surface area contributed by atoms with Gasteiger partial charge in [-0.05, 0) is 49.4 Å². The lowest BCUT2D eigenvalue weighted by Gasteiger charge is -2.16. The fraction of sp³-hybridized carbons (Fsp3) is 0.0909. The number of rotatable bonds is 4. The van der Waals surface area contributed by atoms with Crippen molar-refractivity contribution in [1.82, 2.24) is 0 Å². The third-order valence-corrected chi connectivity index (χ3v) is 4.21. The summed E-state index contributed by atoms with van der Waals surface area (Å²) in [5.41, 5.74) is 3.71. The van der Waals surface area contributed by atoms with Crippen LogP contribution >= 0.6 is 0 Å². The van der Waals surface area contributed by atoms with E-state index in [2.05, 4.69) is 4.99 Å². The number of ether oxygens (including phenoxy) is 1. The predicted octanol–water partition coefficient (Wildman–Crippen LogP) is 4.88. The average molecular weight is 342 g/mol. The molecular formula is C22H18N2O2. The summed E-state index contributed by atoms with van der Waals surface area (Å²) in [4.78, 5) is 19.4. The number of para-hydroxylation sites is 2. The van der Waals surface area contributed by atoms with E-state index in [0.29, 0.717) is 12.3 Å². The average Bonchev–Trinajstić information content (AvgIpc) is 2.96. The second-order valence-electron chi connectivity index (χ2n) is 5.88. The van der Waals surface area contributed by atoms with Crippen LogP contribution in [0.4, 0.5) is 17.1 Å². The highest BCUT2D eigenvalue weighted by molar-refractivity contribution is 6.56. The Kier molecular flexibility index (Phi) is 4.23. The molecule has 0 spiro atoms. The number of hydrogen-bond acceptors (Lipinski definition) is 3. The Hall–Kier alpha value is -3.40. The van der Waals surface area contributed by atoms with Crippen molar-refractivity contribution in [1.29, 1.82) is 0 Å². The van der Waals surface area contributed by atoms with Gasteiger partial charge in [0.1, 0.15) is 11.5 Å². The Morgan fingerprint density at radius 2 is 1.58 bits per heavy atom. The summed E-state index contributed by atoms with van der Waals surface area (Å²) in [6.45, 7) is 2.56. The maximum absolute atomic E-state index is 13.1. The molecule has 4 nitrogen and oxygen atoms in total. The third kappa shape index (κ3) is 2.86. The zero-order valence-electron chi connectivity index (χ0n) is 14.4. The molecule has 0 saturated carbocycles. The molecule has 0 bridgehead atoms. The third-order valence-electron chi connectivity index (χ3n) is 4.21. The maximum atomic E-state index is 13.1. The maximum Gasteiger partial charge on any atom is 0.282 e. The van der Waals surface area contributed by atoms with Crippen LogP contribution in [0, 0.1) is 0 Å². The number of amides is 1. The minimum absolute atomic E-state index is 0.119. The Morgan fingerprint density at radius 1 is 0.885 bits per heavy atom. The van der Waals surface area contributed by atoms with Gasteiger partial charge in [0.25, 0.3) is 5.91 Å². The van der Waals surface area contributed by atoms with E-state index in [1.165, 1.54) is 0 Å². The molecule has 0 saturated heterocycles. The number of nitrogens with zero attached hydrogens (tertiary/aromatic N) is 2. The molecule has 1 heterocycles. The van der Waals surface area contributed by atoms with E-state index in [4.69, 9.17) is 4.74 Å². The molecular weight excluding hydrogens is 324 g/mol. The quantitative estimate of drug-likeness (QED) is 0.678. The van der Waals surface area contributed by atoms with Crippen LogP contribution in [0.15, 0.2) is 83.9 Å². The molecule has 0 unspecified atom stereocenters. The van der Waals surface area contributed by atoms with E-state index in [-0.39, 0.29) is 5.91 Å². The molecule has 0 aliphatic carbocycles. The van der Waals surface area contributed by atoms with Crippen LogP contribution in [-0.4, -0.2) is 18.2 Å². The molecule has 0 N–H and O–H groups in total. The van der Waals surface area contributed by atoms with Crippen molar-refractivity contribution in [3.05, 3.63) is 84.4 Å². The fourth-order valence-electron chi connectivity index (χ4n) is 3.05. The van der Waals surface area contributed by atoms with Gasteiger partial charge in [-0.1, -0.05) is 36.4 Å². The molecule has 26 heavy (non-hydrogen) atoms. The van der Waals surface area contributed by atoms with Crippen LogP contribution < -0.4 is 9.64 Å². The van der Waals surface area contributed by atoms with Crippen LogP contribution in [0.2, 0.25) is 0 Å². The van der Waals surface area contributed by atoms with Gasteiger partial charge in [0.2, 0.25) is 0 Å². The first-order valence-corrected chi connectivity index (χ1v) is 8.58. The lowest BCUT2D eigenvalue weighted by Crippen LogP contribution is -2.25. The zero-order chi connectivity index (χ0) is 17.9. The standard InChI is InChI=1S/C22H18N2O2/c1-2-26-18-14-12-16(13-15-18)23-21-19-10-6-7-11-20(19)24(22(21)25)17-8-4-3-5-9-17/h3-15H,2H2,1H3. The summed E-state index contributed by atoms with van der Waals surface area (Å²) in [5, 5.41) is 0. The first-order valence-electron chi connectivity index (χ1n) is 8.58. The molecule has 0 radical (unpaired) electrons. The van der Waals surface area contributed by atoms with Gasteiger partial charge in [0.05, 0.1) is 18.0 Å². The van der Waals surface area contributed by atoms with Gasteiger partial charge >= 0.3 is 0 Å². The summed E-state index contributed by atoms with van der Waals surface area (Å²) >= 11 is 0. The second kappa shape index (κ2) is 6.84. The van der Waals surface area contributed by atoms with Crippen LogP contribution in [0.3, 0.4) is 0 Å². The summed E-state index contributed by atoms with van der Waals surface area (Å²) in [7, 11) is 0. The molecule has 0 atom stereocenters. The van der Waals surface area contributed by atoms with Crippen molar-refractivity contribution in [2.75, 3.05) is 11.5 Å². The Labute approximate surface area is 152 Å². The molecule has 0 fully saturated rings. The lowest BCUT2D eigenvalue weighted by atomic mass is 10.1. The van der Waals surface area contributed by atoms with Gasteiger partial charge in [0, 0.05) is 11.3 Å². The van der Waals surface area contributed by atoms with E-state index < -0.39 is 0 Å². The van der Waals surface area contributed by atoms with Gasteiger partial charge in [-0.25, -0.2) is 4.99 Å². The van der Waals surface area contributed by atoms with Gasteiger partial charge in [-0.15, -0.1) is 0 Å². The van der Waals surface area contributed by atoms with Crippen molar-refractivity contribution in [3.8, 4) is 5.75 Å². The molecule has 4 heteroatoms. The van der Waals surface area contributed by atoms with Gasteiger partial charge in [0.15, 0.2) is 0 Å². The molecule has 1 aliphatic rings. The minimum Gasteiger partial charge on any atom is -0.494 e. The van der Waals surface area contributed by atoms with E-state index >= 15 is 0 Å². The highest BCUT2D eigenvalue weighted by Crippen LogP contribution is 2.36. The summed E-state index contributed by atoms with van der Waals surface area (Å²) in [6, 6.07) is 24.8. The molecule has 4 rings (SSSR count). The fourth-order valence-corrected chi connectivity index (χ4v) is 3.05. The number of aliphatic imine (C=N–C) groups is 1. The summed E-state index contributed by atoms with van der Waals surface area (Å²) in [5.74, 6) is 0.673. The van der Waals surface area contributed by atoms with Crippen LogP contribution in [0.1, 0.15) is 12.5 Å². The Morgan fingerprint density at radius 3 is 2.31 bits per heavy atom. The van der Waals surface area contributed by atoms with E-state index in [0.717, 1.165) is 28.4 Å². The first kappa shape index (κ1) is 16.1. The van der Waals surface area contributed by atoms with E-state index in [1.54, 1.807) is 4.90 Å². The molecule has 3 aromatic carbocycles. The minimum atomic E-state index is -0.119. The number of carbonyl (C=O) groups is 1. The molecule has 3 aromatic rings. The van der Waals surface area contributed by atoms with Crippen molar-refractivity contribution in [2.45, 2.75) is 6.92 Å². The van der Waals surface area contributed by atoms with Crippen LogP contribution in [0.5, 0.6) is 5.75 Å². The summed E-state index contributed by atoms with van der Waals surface area (Å²) < 4.78 is 5.46. The van der Waals surface area contributed by atoms with Crippen molar-refractivity contribution < 1.29 is 9.53 Å². The van der Waals surface area contributed by atoms with Gasteiger partial charge in [-0.3, -0.25) is 9.69 Å². The van der Waals surface area contributed by atoms with Crippen LogP contribution in [0.25, 0.3) is 0 Å². The molecule has 1 amide bonds.